The predicted molar refractivity (Wildman–Crippen MR) is 128 cm³/mol. The number of ketones is 1. The highest BCUT2D eigenvalue weighted by Crippen LogP contribution is 2.66. The zero-order valence-corrected chi connectivity index (χ0v) is 20.6. The topological polar surface area (TPSA) is 123 Å². The lowest BCUT2D eigenvalue weighted by atomic mass is 9.43. The second-order valence-corrected chi connectivity index (χ2v) is 10.8. The fraction of sp³-hybridized carbons (Fsp3) is 0.538. The van der Waals surface area contributed by atoms with Crippen LogP contribution in [0.25, 0.3) is 0 Å². The quantitative estimate of drug-likeness (QED) is 0.477. The zero-order valence-electron chi connectivity index (χ0n) is 20.6. The average molecular weight is 500 g/mol. The molecule has 0 spiro atoms. The molecule has 0 amide bonds. The van der Waals surface area contributed by atoms with Gasteiger partial charge < -0.3 is 15.2 Å². The van der Waals surface area contributed by atoms with Gasteiger partial charge in [-0.05, 0) is 67.4 Å². The van der Waals surface area contributed by atoms with Crippen molar-refractivity contribution in [2.45, 2.75) is 43.9 Å². The Balaban J connectivity index is 1.40. The van der Waals surface area contributed by atoms with E-state index in [0.717, 1.165) is 28.4 Å². The first-order chi connectivity index (χ1) is 17.0. The summed E-state index contributed by atoms with van der Waals surface area (Å²) in [5, 5.41) is 0. The highest BCUT2D eigenvalue weighted by Gasteiger charge is 2.62. The van der Waals surface area contributed by atoms with E-state index in [1.165, 1.54) is 27.3 Å². The summed E-state index contributed by atoms with van der Waals surface area (Å²) in [6.45, 7) is -0.655. The summed E-state index contributed by atoms with van der Waals surface area (Å²) in [6, 6.07) is 4.90. The Labute approximate surface area is 207 Å². The van der Waals surface area contributed by atoms with E-state index in [2.05, 4.69) is 0 Å². The van der Waals surface area contributed by atoms with Gasteiger partial charge in [-0.2, -0.15) is 0 Å². The molecule has 4 aliphatic rings. The van der Waals surface area contributed by atoms with Gasteiger partial charge >= 0.3 is 11.7 Å². The number of Topliss-reactive ketones (excluding diaryl/α,β-unsaturated/α-hetero) is 1. The molecule has 10 heteroatoms. The lowest BCUT2D eigenvalue weighted by Crippen LogP contribution is -2.57. The number of hydrogen-bond acceptors (Lipinski definition) is 7. The molecule has 4 aliphatic carbocycles. The molecule has 1 heterocycles. The van der Waals surface area contributed by atoms with Crippen LogP contribution in [-0.4, -0.2) is 34.6 Å². The number of methoxy groups -OCH3 is 1. The van der Waals surface area contributed by atoms with Gasteiger partial charge in [-0.1, -0.05) is 6.07 Å². The van der Waals surface area contributed by atoms with Crippen LogP contribution in [-0.2, 0) is 29.0 Å². The fourth-order valence-electron chi connectivity index (χ4n) is 7.35. The standard InChI is InChI=1S/C26H30FN3O6/c1-29-21(28)20(22(32)30(2)24(29)34)19(31)12-36-23(33)26-10-14-6-15(11-26)9-25(8-14,13-26)17-5-4-16(35-3)7-18(17)27/h4-5,7,14-15H,6,8-13,28H2,1-3H3. The van der Waals surface area contributed by atoms with Gasteiger partial charge in [0.15, 0.2) is 6.61 Å². The van der Waals surface area contributed by atoms with Crippen LogP contribution in [0.4, 0.5) is 10.2 Å². The number of ether oxygens (including phenoxy) is 2. The molecule has 1 aromatic heterocycles. The summed E-state index contributed by atoms with van der Waals surface area (Å²) in [4.78, 5) is 50.9. The molecule has 0 radical (unpaired) electrons. The monoisotopic (exact) mass is 499 g/mol. The molecule has 0 saturated heterocycles. The summed E-state index contributed by atoms with van der Waals surface area (Å²) in [5.74, 6) is -0.896. The number of carbonyl (C=O) groups is 2. The molecule has 9 nitrogen and oxygen atoms in total. The lowest BCUT2D eigenvalue weighted by Gasteiger charge is -2.61. The van der Waals surface area contributed by atoms with E-state index in [0.29, 0.717) is 30.6 Å². The SMILES string of the molecule is COc1ccc(C23CC4CC(CC(C(=O)OCC(=O)c5c(N)n(C)c(=O)n(C)c5=O)(C4)C2)C3)c(F)c1. The maximum absolute atomic E-state index is 15.2. The van der Waals surface area contributed by atoms with Gasteiger partial charge in [0.1, 0.15) is 22.9 Å². The number of rotatable bonds is 6. The van der Waals surface area contributed by atoms with E-state index in [4.69, 9.17) is 15.2 Å². The summed E-state index contributed by atoms with van der Waals surface area (Å²) in [6.07, 6.45) is 4.35. The van der Waals surface area contributed by atoms with E-state index in [-0.39, 0.29) is 29.0 Å². The average Bonchev–Trinajstić information content (AvgIpc) is 2.83. The first-order valence-electron chi connectivity index (χ1n) is 12.1. The molecular formula is C26H30FN3O6. The summed E-state index contributed by atoms with van der Waals surface area (Å²) in [5.41, 5.74) is 3.32. The molecule has 1 aromatic carbocycles. The van der Waals surface area contributed by atoms with Crippen LogP contribution in [0.1, 0.15) is 54.4 Å². The Morgan fingerprint density at radius 3 is 2.39 bits per heavy atom. The summed E-state index contributed by atoms with van der Waals surface area (Å²) >= 11 is 0. The number of halogens is 1. The van der Waals surface area contributed by atoms with E-state index in [1.807, 2.05) is 0 Å². The van der Waals surface area contributed by atoms with Crippen molar-refractivity contribution in [1.29, 1.82) is 0 Å². The van der Waals surface area contributed by atoms with Crippen LogP contribution in [0.15, 0.2) is 27.8 Å². The molecule has 192 valence electrons. The lowest BCUT2D eigenvalue weighted by molar-refractivity contribution is -0.173. The van der Waals surface area contributed by atoms with Crippen molar-refractivity contribution < 1.29 is 23.5 Å². The third-order valence-electron chi connectivity index (χ3n) is 8.56. The second-order valence-electron chi connectivity index (χ2n) is 10.8. The molecular weight excluding hydrogens is 469 g/mol. The maximum Gasteiger partial charge on any atom is 0.332 e. The molecule has 2 aromatic rings. The van der Waals surface area contributed by atoms with E-state index >= 15 is 4.39 Å². The van der Waals surface area contributed by atoms with Gasteiger partial charge in [-0.25, -0.2) is 9.18 Å². The van der Waals surface area contributed by atoms with Crippen molar-refractivity contribution in [3.63, 3.8) is 0 Å². The third-order valence-corrected chi connectivity index (χ3v) is 8.56. The Kier molecular flexibility index (Phi) is 5.61. The minimum Gasteiger partial charge on any atom is -0.497 e. The predicted octanol–water partition coefficient (Wildman–Crippen LogP) is 2.08. The Hall–Kier alpha value is -3.43. The van der Waals surface area contributed by atoms with Gasteiger partial charge in [-0.15, -0.1) is 0 Å². The maximum atomic E-state index is 15.2. The molecule has 2 unspecified atom stereocenters. The largest absolute Gasteiger partial charge is 0.497 e. The first kappa shape index (κ1) is 24.3. The molecule has 4 bridgehead atoms. The molecule has 6 rings (SSSR count). The smallest absolute Gasteiger partial charge is 0.332 e. The van der Waals surface area contributed by atoms with E-state index in [9.17, 15) is 19.2 Å². The van der Waals surface area contributed by atoms with Crippen molar-refractivity contribution >= 4 is 17.6 Å². The number of aromatic nitrogens is 2. The van der Waals surface area contributed by atoms with Crippen molar-refractivity contribution in [2.75, 3.05) is 19.5 Å². The minimum absolute atomic E-state index is 0.266. The number of hydrogen-bond donors (Lipinski definition) is 1. The molecule has 2 atom stereocenters. The van der Waals surface area contributed by atoms with E-state index < -0.39 is 40.4 Å². The molecule has 2 N–H and O–H groups in total. The van der Waals surface area contributed by atoms with E-state index in [1.54, 1.807) is 12.1 Å². The van der Waals surface area contributed by atoms with Crippen LogP contribution in [0.3, 0.4) is 0 Å². The molecule has 4 fully saturated rings. The number of carbonyl (C=O) groups excluding carboxylic acids is 2. The minimum atomic E-state index is -0.833. The van der Waals surface area contributed by atoms with Crippen molar-refractivity contribution in [3.05, 3.63) is 56.0 Å². The number of nitrogens with zero attached hydrogens (tertiary/aromatic N) is 2. The molecule has 0 aliphatic heterocycles. The zero-order chi connectivity index (χ0) is 26.0. The van der Waals surface area contributed by atoms with Crippen molar-refractivity contribution in [2.24, 2.45) is 31.3 Å². The number of nitrogens with two attached hydrogens (primary N) is 1. The number of esters is 1. The molecule has 36 heavy (non-hydrogen) atoms. The summed E-state index contributed by atoms with van der Waals surface area (Å²) in [7, 11) is 4.09. The first-order valence-corrected chi connectivity index (χ1v) is 12.1. The Morgan fingerprint density at radius 2 is 1.78 bits per heavy atom. The number of benzene rings is 1. The van der Waals surface area contributed by atoms with Crippen molar-refractivity contribution in [3.8, 4) is 5.75 Å². The van der Waals surface area contributed by atoms with Gasteiger partial charge in [-0.3, -0.25) is 23.5 Å². The number of anilines is 1. The van der Waals surface area contributed by atoms with Crippen LogP contribution in [0.5, 0.6) is 5.75 Å². The highest BCUT2D eigenvalue weighted by atomic mass is 19.1. The molecule has 4 saturated carbocycles. The Morgan fingerprint density at radius 1 is 1.11 bits per heavy atom. The van der Waals surface area contributed by atoms with Crippen LogP contribution >= 0.6 is 0 Å². The van der Waals surface area contributed by atoms with Gasteiger partial charge in [0.25, 0.3) is 5.56 Å². The van der Waals surface area contributed by atoms with Gasteiger partial charge in [0.05, 0.1) is 12.5 Å². The van der Waals surface area contributed by atoms with Gasteiger partial charge in [0.2, 0.25) is 5.78 Å². The number of nitrogen functional groups attached to an aromatic ring is 1. The van der Waals surface area contributed by atoms with Crippen molar-refractivity contribution in [1.82, 2.24) is 9.13 Å². The Bertz CT molecular complexity index is 1380. The van der Waals surface area contributed by atoms with Crippen LogP contribution in [0, 0.1) is 23.1 Å². The van der Waals surface area contributed by atoms with Gasteiger partial charge in [0, 0.05) is 20.2 Å². The van der Waals surface area contributed by atoms with Crippen LogP contribution in [0.2, 0.25) is 0 Å². The highest BCUT2D eigenvalue weighted by molar-refractivity contribution is 6.01. The normalized spacial score (nSPS) is 28.2. The second kappa shape index (κ2) is 8.31. The van der Waals surface area contributed by atoms with Crippen LogP contribution < -0.4 is 21.7 Å². The summed E-state index contributed by atoms with van der Waals surface area (Å²) < 4.78 is 27.6. The third kappa shape index (κ3) is 3.57. The fourth-order valence-corrected chi connectivity index (χ4v) is 7.35.